The summed E-state index contributed by atoms with van der Waals surface area (Å²) in [4.78, 5) is 11.6. The van der Waals surface area contributed by atoms with E-state index < -0.39 is 17.3 Å². The number of hydrogen-bond donors (Lipinski definition) is 1. The molecular formula is C6H8F3NOS. The summed E-state index contributed by atoms with van der Waals surface area (Å²) < 4.78 is 36.1. The van der Waals surface area contributed by atoms with E-state index in [0.717, 1.165) is 4.90 Å². The molecule has 1 unspecified atom stereocenters. The molecule has 12 heavy (non-hydrogen) atoms. The topological polar surface area (TPSA) is 20.3 Å². The number of alkyl halides is 3. The van der Waals surface area contributed by atoms with Crippen molar-refractivity contribution in [3.05, 3.63) is 0 Å². The third-order valence-corrected chi connectivity index (χ3v) is 2.20. The van der Waals surface area contributed by atoms with E-state index in [2.05, 4.69) is 12.6 Å². The number of carbonyl (C=O) groups is 1. The number of hydrogen-bond acceptors (Lipinski definition) is 1. The second-order valence-electron chi connectivity index (χ2n) is 2.76. The van der Waals surface area contributed by atoms with Crippen LogP contribution < -0.4 is 0 Å². The number of rotatable bonds is 0. The SMILES string of the molecule is O=C(S)N1CCC(C(F)(F)F)C1. The van der Waals surface area contributed by atoms with Crippen molar-refractivity contribution in [2.45, 2.75) is 12.6 Å². The summed E-state index contributed by atoms with van der Waals surface area (Å²) in [5.41, 5.74) is 0. The van der Waals surface area contributed by atoms with Gasteiger partial charge in [-0.05, 0) is 6.42 Å². The quantitative estimate of drug-likeness (QED) is 0.591. The van der Waals surface area contributed by atoms with Gasteiger partial charge in [0.25, 0.3) is 5.24 Å². The van der Waals surface area contributed by atoms with E-state index in [4.69, 9.17) is 0 Å². The second kappa shape index (κ2) is 3.16. The molecule has 2 nitrogen and oxygen atoms in total. The zero-order valence-corrected chi connectivity index (χ0v) is 7.03. The fraction of sp³-hybridized carbons (Fsp3) is 0.833. The predicted octanol–water partition coefficient (Wildman–Crippen LogP) is 1.92. The average molecular weight is 199 g/mol. The zero-order valence-electron chi connectivity index (χ0n) is 6.14. The first-order chi connectivity index (χ1) is 5.41. The van der Waals surface area contributed by atoms with Gasteiger partial charge in [0.1, 0.15) is 0 Å². The van der Waals surface area contributed by atoms with Crippen LogP contribution in [-0.4, -0.2) is 29.4 Å². The fourth-order valence-corrected chi connectivity index (χ4v) is 1.38. The maximum absolute atomic E-state index is 12.0. The third-order valence-electron chi connectivity index (χ3n) is 1.92. The summed E-state index contributed by atoms with van der Waals surface area (Å²) in [7, 11) is 0. The third kappa shape index (κ3) is 2.06. The van der Waals surface area contributed by atoms with Gasteiger partial charge in [-0.1, -0.05) is 12.6 Å². The lowest BCUT2D eigenvalue weighted by Crippen LogP contribution is -2.28. The Morgan fingerprint density at radius 1 is 1.50 bits per heavy atom. The first kappa shape index (κ1) is 9.70. The first-order valence-electron chi connectivity index (χ1n) is 3.46. The van der Waals surface area contributed by atoms with Gasteiger partial charge in [0.2, 0.25) is 0 Å². The highest BCUT2D eigenvalue weighted by atomic mass is 32.1. The van der Waals surface area contributed by atoms with Crippen molar-refractivity contribution in [3.63, 3.8) is 0 Å². The van der Waals surface area contributed by atoms with Crippen molar-refractivity contribution in [1.82, 2.24) is 4.90 Å². The molecule has 1 aliphatic rings. The van der Waals surface area contributed by atoms with Crippen LogP contribution in [0, 0.1) is 5.92 Å². The number of halogens is 3. The van der Waals surface area contributed by atoms with Crippen molar-refractivity contribution < 1.29 is 18.0 Å². The second-order valence-corrected chi connectivity index (χ2v) is 3.14. The molecule has 6 heteroatoms. The average Bonchev–Trinajstić information content (AvgIpc) is 2.30. The molecule has 0 aliphatic carbocycles. The van der Waals surface area contributed by atoms with Crippen LogP contribution in [0.15, 0.2) is 0 Å². The molecule has 0 aromatic heterocycles. The van der Waals surface area contributed by atoms with Gasteiger partial charge in [-0.3, -0.25) is 4.79 Å². The Morgan fingerprint density at radius 2 is 2.08 bits per heavy atom. The number of thiol groups is 1. The zero-order chi connectivity index (χ0) is 9.35. The minimum atomic E-state index is -4.18. The Labute approximate surface area is 73.1 Å². The van der Waals surface area contributed by atoms with Crippen LogP contribution in [0.4, 0.5) is 18.0 Å². The van der Waals surface area contributed by atoms with E-state index >= 15 is 0 Å². The normalized spacial score (nSPS) is 24.7. The molecule has 1 amide bonds. The van der Waals surface area contributed by atoms with E-state index in [9.17, 15) is 18.0 Å². The van der Waals surface area contributed by atoms with Crippen LogP contribution in [0.2, 0.25) is 0 Å². The van der Waals surface area contributed by atoms with E-state index in [1.807, 2.05) is 0 Å². The standard InChI is InChI=1S/C6H8F3NOS/c7-6(8,9)4-1-2-10(3-4)5(11)12/h4H,1-3H2,(H,11,12). The molecule has 0 radical (unpaired) electrons. The van der Waals surface area contributed by atoms with Crippen molar-refractivity contribution >= 4 is 17.9 Å². The molecule has 0 aromatic carbocycles. The molecule has 1 saturated heterocycles. The van der Waals surface area contributed by atoms with Gasteiger partial charge in [0, 0.05) is 13.1 Å². The molecule has 70 valence electrons. The molecule has 1 heterocycles. The van der Waals surface area contributed by atoms with Crippen LogP contribution in [0.1, 0.15) is 6.42 Å². The van der Waals surface area contributed by atoms with Gasteiger partial charge in [-0.25, -0.2) is 0 Å². The summed E-state index contributed by atoms with van der Waals surface area (Å²) in [6.07, 6.45) is -4.19. The monoisotopic (exact) mass is 199 g/mol. The van der Waals surface area contributed by atoms with E-state index in [0.29, 0.717) is 0 Å². The molecular weight excluding hydrogens is 191 g/mol. The van der Waals surface area contributed by atoms with Gasteiger partial charge in [-0.15, -0.1) is 0 Å². The van der Waals surface area contributed by atoms with Gasteiger partial charge in [0.05, 0.1) is 5.92 Å². The molecule has 0 spiro atoms. The van der Waals surface area contributed by atoms with Crippen molar-refractivity contribution in [2.24, 2.45) is 5.92 Å². The minimum absolute atomic E-state index is 0.00417. The van der Waals surface area contributed by atoms with Crippen molar-refractivity contribution in [2.75, 3.05) is 13.1 Å². The van der Waals surface area contributed by atoms with Gasteiger partial charge >= 0.3 is 6.18 Å². The van der Waals surface area contributed by atoms with Gasteiger partial charge in [0.15, 0.2) is 0 Å². The molecule has 1 rings (SSSR count). The number of amides is 1. The molecule has 0 aromatic rings. The van der Waals surface area contributed by atoms with Crippen LogP contribution in [0.3, 0.4) is 0 Å². The van der Waals surface area contributed by atoms with Crippen LogP contribution in [-0.2, 0) is 0 Å². The van der Waals surface area contributed by atoms with E-state index in [1.165, 1.54) is 0 Å². The lowest BCUT2D eigenvalue weighted by molar-refractivity contribution is -0.169. The first-order valence-corrected chi connectivity index (χ1v) is 3.90. The Morgan fingerprint density at radius 3 is 2.33 bits per heavy atom. The maximum atomic E-state index is 12.0. The van der Waals surface area contributed by atoms with E-state index in [1.54, 1.807) is 0 Å². The van der Waals surface area contributed by atoms with Crippen LogP contribution >= 0.6 is 12.6 Å². The van der Waals surface area contributed by atoms with Crippen LogP contribution in [0.25, 0.3) is 0 Å². The highest BCUT2D eigenvalue weighted by Crippen LogP contribution is 2.33. The van der Waals surface area contributed by atoms with Crippen LogP contribution in [0.5, 0.6) is 0 Å². The van der Waals surface area contributed by atoms with Gasteiger partial charge < -0.3 is 4.90 Å². The summed E-state index contributed by atoms with van der Waals surface area (Å²) in [5.74, 6) is -1.37. The number of carbonyl (C=O) groups excluding carboxylic acids is 1. The predicted molar refractivity (Wildman–Crippen MR) is 40.1 cm³/mol. The van der Waals surface area contributed by atoms with E-state index in [-0.39, 0.29) is 19.5 Å². The maximum Gasteiger partial charge on any atom is 0.393 e. The molecule has 0 N–H and O–H groups in total. The van der Waals surface area contributed by atoms with Gasteiger partial charge in [-0.2, -0.15) is 13.2 Å². The highest BCUT2D eigenvalue weighted by Gasteiger charge is 2.44. The molecule has 1 fully saturated rings. The lowest BCUT2D eigenvalue weighted by Gasteiger charge is -2.15. The largest absolute Gasteiger partial charge is 0.393 e. The molecule has 0 saturated carbocycles. The Hall–Kier alpha value is -0.390. The summed E-state index contributed by atoms with van der Waals surface area (Å²) in [6, 6.07) is 0. The highest BCUT2D eigenvalue weighted by molar-refractivity contribution is 7.96. The Bertz CT molecular complexity index is 194. The number of likely N-dealkylation sites (tertiary alicyclic amines) is 1. The summed E-state index contributed by atoms with van der Waals surface area (Å²) in [6.45, 7) is -0.0850. The summed E-state index contributed by atoms with van der Waals surface area (Å²) in [5, 5.41) is -0.582. The van der Waals surface area contributed by atoms with Crippen molar-refractivity contribution in [3.8, 4) is 0 Å². The van der Waals surface area contributed by atoms with Crippen molar-refractivity contribution in [1.29, 1.82) is 0 Å². The molecule has 0 bridgehead atoms. The lowest BCUT2D eigenvalue weighted by atomic mass is 10.1. The fourth-order valence-electron chi connectivity index (χ4n) is 1.20. The molecule has 1 atom stereocenters. The summed E-state index contributed by atoms with van der Waals surface area (Å²) >= 11 is 3.45. The number of nitrogens with zero attached hydrogens (tertiary/aromatic N) is 1. The Kier molecular flexibility index (Phi) is 2.55. The molecule has 1 aliphatic heterocycles. The minimum Gasteiger partial charge on any atom is -0.333 e. The smallest absolute Gasteiger partial charge is 0.333 e. The Balaban J connectivity index is 2.51.